The molecule has 0 bridgehead atoms. The number of ketones is 1. The third-order valence-corrected chi connectivity index (χ3v) is 9.00. The van der Waals surface area contributed by atoms with E-state index >= 15 is 0 Å². The number of alkyl halides is 5. The average molecular weight is 739 g/mol. The summed E-state index contributed by atoms with van der Waals surface area (Å²) < 4.78 is 78.8. The number of likely N-dealkylation sites (tertiary alicyclic amines) is 1. The Morgan fingerprint density at radius 1 is 0.827 bits per heavy atom. The van der Waals surface area contributed by atoms with Gasteiger partial charge < -0.3 is 29.9 Å². The topological polar surface area (TPSA) is 134 Å². The van der Waals surface area contributed by atoms with Gasteiger partial charge in [-0.3, -0.25) is 24.0 Å². The lowest BCUT2D eigenvalue weighted by Gasteiger charge is -2.32. The van der Waals surface area contributed by atoms with E-state index in [-0.39, 0.29) is 31.0 Å². The predicted octanol–water partition coefficient (Wildman–Crippen LogP) is 4.01. The molecule has 4 rings (SSSR count). The Morgan fingerprint density at radius 3 is 1.96 bits per heavy atom. The molecule has 2 aromatic carbocycles. The van der Waals surface area contributed by atoms with Crippen LogP contribution in [0.1, 0.15) is 60.4 Å². The van der Waals surface area contributed by atoms with E-state index in [1.807, 2.05) is 5.32 Å². The third-order valence-electron chi connectivity index (χ3n) is 9.00. The van der Waals surface area contributed by atoms with Crippen molar-refractivity contribution in [1.82, 2.24) is 20.4 Å². The third kappa shape index (κ3) is 9.50. The van der Waals surface area contributed by atoms with E-state index in [0.717, 1.165) is 10.5 Å². The summed E-state index contributed by atoms with van der Waals surface area (Å²) in [6.45, 7) is 7.30. The summed E-state index contributed by atoms with van der Waals surface area (Å²) in [5.74, 6) is -12.7. The molecule has 0 radical (unpaired) electrons. The Kier molecular flexibility index (Phi) is 13.1. The Morgan fingerprint density at radius 2 is 1.40 bits per heavy atom. The van der Waals surface area contributed by atoms with Crippen molar-refractivity contribution in [3.63, 3.8) is 0 Å². The monoisotopic (exact) mass is 738 g/mol. The first kappa shape index (κ1) is 40.3. The van der Waals surface area contributed by atoms with E-state index in [2.05, 4.69) is 5.32 Å². The number of ether oxygens (including phenoxy) is 2. The maximum Gasteiger partial charge on any atom is 0.461 e. The van der Waals surface area contributed by atoms with Crippen LogP contribution < -0.4 is 10.6 Å². The zero-order valence-corrected chi connectivity index (χ0v) is 29.3. The van der Waals surface area contributed by atoms with Crippen molar-refractivity contribution in [3.8, 4) is 0 Å². The predicted molar refractivity (Wildman–Crippen MR) is 177 cm³/mol. The van der Waals surface area contributed by atoms with E-state index in [9.17, 15) is 45.9 Å². The zero-order chi connectivity index (χ0) is 38.4. The van der Waals surface area contributed by atoms with Crippen LogP contribution in [0.3, 0.4) is 0 Å². The first-order chi connectivity index (χ1) is 24.4. The van der Waals surface area contributed by atoms with Gasteiger partial charge >= 0.3 is 12.1 Å². The van der Waals surface area contributed by atoms with E-state index in [0.29, 0.717) is 31.9 Å². The van der Waals surface area contributed by atoms with Crippen LogP contribution in [-0.2, 0) is 30.5 Å². The van der Waals surface area contributed by atoms with Crippen LogP contribution >= 0.6 is 0 Å². The van der Waals surface area contributed by atoms with Crippen LogP contribution in [0.5, 0.6) is 0 Å². The molecule has 2 aliphatic heterocycles. The zero-order valence-electron chi connectivity index (χ0n) is 29.3. The molecule has 52 heavy (non-hydrogen) atoms. The van der Waals surface area contributed by atoms with Crippen molar-refractivity contribution in [1.29, 1.82) is 0 Å². The van der Waals surface area contributed by atoms with Crippen molar-refractivity contribution < 1.29 is 55.4 Å². The number of carbonyl (C=O) groups excluding carboxylic acids is 5. The number of rotatable bonds is 13. The normalized spacial score (nSPS) is 19.4. The molecule has 2 heterocycles. The summed E-state index contributed by atoms with van der Waals surface area (Å²) in [5, 5.41) is 4.72. The van der Waals surface area contributed by atoms with E-state index in [1.165, 1.54) is 38.1 Å². The van der Waals surface area contributed by atoms with Gasteiger partial charge in [-0.05, 0) is 41.7 Å². The van der Waals surface area contributed by atoms with Gasteiger partial charge in [-0.2, -0.15) is 22.0 Å². The molecular formula is C36H43F5N4O7. The van der Waals surface area contributed by atoms with Crippen molar-refractivity contribution in [2.24, 2.45) is 11.8 Å². The Balaban J connectivity index is 1.54. The lowest BCUT2D eigenvalue weighted by molar-refractivity contribution is -0.270. The number of halogens is 5. The molecule has 0 saturated carbocycles. The van der Waals surface area contributed by atoms with Gasteiger partial charge in [0, 0.05) is 37.2 Å². The number of amides is 4. The standard InChI is InChI=1S/C36H43F5N4O7/c1-21(2)28(30(46)35(37,38)36(39,40)41)42-32(48)27-18-26(52-20-23-8-6-5-7-9-23)19-45(27)34(50)29(22(3)4)43-31(47)24-10-12-25(13-11-24)33(49)44-14-16-51-17-15-44/h5-13,21-22,26-29H,14-20H2,1-4H3,(H,42,48)(H,43,47). The largest absolute Gasteiger partial charge is 0.461 e. The molecule has 11 nitrogen and oxygen atoms in total. The summed E-state index contributed by atoms with van der Waals surface area (Å²) >= 11 is 0. The minimum Gasteiger partial charge on any atom is -0.378 e. The average Bonchev–Trinajstić information content (AvgIpc) is 3.55. The van der Waals surface area contributed by atoms with Gasteiger partial charge in [0.05, 0.1) is 32.0 Å². The molecule has 0 aromatic heterocycles. The minimum absolute atomic E-state index is 0.0845. The maximum atomic E-state index is 14.1. The van der Waals surface area contributed by atoms with E-state index in [4.69, 9.17) is 9.47 Å². The summed E-state index contributed by atoms with van der Waals surface area (Å²) in [4.78, 5) is 69.2. The van der Waals surface area contributed by atoms with Crippen molar-refractivity contribution in [2.75, 3.05) is 32.8 Å². The van der Waals surface area contributed by atoms with Gasteiger partial charge in [0.25, 0.3) is 11.8 Å². The molecular weight excluding hydrogens is 695 g/mol. The lowest BCUT2D eigenvalue weighted by atomic mass is 9.95. The molecule has 16 heteroatoms. The van der Waals surface area contributed by atoms with Gasteiger partial charge in [0.1, 0.15) is 12.1 Å². The Bertz CT molecular complexity index is 1580. The second kappa shape index (κ2) is 16.9. The summed E-state index contributed by atoms with van der Waals surface area (Å²) in [5.41, 5.74) is 1.27. The first-order valence-corrected chi connectivity index (χ1v) is 17.0. The molecule has 284 valence electrons. The van der Waals surface area contributed by atoms with Crippen LogP contribution in [-0.4, -0.2) is 108 Å². The van der Waals surface area contributed by atoms with Gasteiger partial charge in [0.15, 0.2) is 0 Å². The molecule has 2 fully saturated rings. The van der Waals surface area contributed by atoms with Crippen LogP contribution in [0.25, 0.3) is 0 Å². The summed E-state index contributed by atoms with van der Waals surface area (Å²) in [6.07, 6.45) is -7.13. The number of Topliss-reactive ketones (excluding diaryl/α,β-unsaturated/α-hetero) is 1. The van der Waals surface area contributed by atoms with E-state index < -0.39 is 71.7 Å². The fourth-order valence-electron chi connectivity index (χ4n) is 5.95. The lowest BCUT2D eigenvalue weighted by Crippen LogP contribution is -2.60. The highest BCUT2D eigenvalue weighted by Crippen LogP contribution is 2.38. The highest BCUT2D eigenvalue weighted by atomic mass is 19.4. The molecule has 0 spiro atoms. The van der Waals surface area contributed by atoms with Crippen LogP contribution in [0.15, 0.2) is 54.6 Å². The summed E-state index contributed by atoms with van der Waals surface area (Å²) in [6, 6.07) is 9.90. The van der Waals surface area contributed by atoms with E-state index in [1.54, 1.807) is 49.1 Å². The molecule has 2 aromatic rings. The molecule has 4 unspecified atom stereocenters. The van der Waals surface area contributed by atoms with Crippen molar-refractivity contribution >= 4 is 29.4 Å². The van der Waals surface area contributed by atoms with Gasteiger partial charge in [-0.25, -0.2) is 0 Å². The number of benzene rings is 2. The first-order valence-electron chi connectivity index (χ1n) is 17.0. The number of nitrogens with one attached hydrogen (secondary N) is 2. The van der Waals surface area contributed by atoms with Gasteiger partial charge in [0.2, 0.25) is 17.6 Å². The minimum atomic E-state index is -6.19. The maximum absolute atomic E-state index is 14.1. The molecule has 0 aliphatic carbocycles. The highest BCUT2D eigenvalue weighted by molar-refractivity contribution is 6.01. The second-order valence-corrected chi connectivity index (χ2v) is 13.5. The molecule has 4 amide bonds. The SMILES string of the molecule is CC(C)C(NC(=O)c1ccc(C(=O)N2CCOCC2)cc1)C(=O)N1CC(OCc2ccccc2)CC1C(=O)NC(C(=O)C(F)(F)C(F)(F)F)C(C)C. The molecule has 2 aliphatic rings. The number of hydrogen-bond donors (Lipinski definition) is 2. The Hall–Kier alpha value is -4.44. The number of hydrogen-bond acceptors (Lipinski definition) is 7. The fraction of sp³-hybridized carbons (Fsp3) is 0.528. The van der Waals surface area contributed by atoms with Crippen LogP contribution in [0.2, 0.25) is 0 Å². The Labute approximate surface area is 298 Å². The fourth-order valence-corrected chi connectivity index (χ4v) is 5.95. The smallest absolute Gasteiger partial charge is 0.378 e. The summed E-state index contributed by atoms with van der Waals surface area (Å²) in [7, 11) is 0. The van der Waals surface area contributed by atoms with Crippen molar-refractivity contribution in [2.45, 2.75) is 77.1 Å². The number of nitrogens with zero attached hydrogens (tertiary/aromatic N) is 2. The molecule has 2 N–H and O–H groups in total. The highest BCUT2D eigenvalue weighted by Gasteiger charge is 2.65. The van der Waals surface area contributed by atoms with Gasteiger partial charge in [-0.15, -0.1) is 0 Å². The van der Waals surface area contributed by atoms with Gasteiger partial charge in [-0.1, -0.05) is 58.0 Å². The number of carbonyl (C=O) groups is 5. The quantitative estimate of drug-likeness (QED) is 0.297. The van der Waals surface area contributed by atoms with Crippen LogP contribution in [0.4, 0.5) is 22.0 Å². The van der Waals surface area contributed by atoms with Crippen LogP contribution in [0, 0.1) is 11.8 Å². The van der Waals surface area contributed by atoms with Crippen molar-refractivity contribution in [3.05, 3.63) is 71.3 Å². The number of morpholine rings is 1. The molecule has 2 saturated heterocycles. The second-order valence-electron chi connectivity index (χ2n) is 13.5. The molecule has 4 atom stereocenters.